The van der Waals surface area contributed by atoms with Crippen LogP contribution in [-0.2, 0) is 9.59 Å². The highest BCUT2D eigenvalue weighted by Gasteiger charge is 2.46. The van der Waals surface area contributed by atoms with Gasteiger partial charge in [0, 0.05) is 12.1 Å². The molecule has 0 aromatic heterocycles. The van der Waals surface area contributed by atoms with Crippen LogP contribution in [0.3, 0.4) is 0 Å². The highest BCUT2D eigenvalue weighted by molar-refractivity contribution is 6.46. The number of hydrogen-bond acceptors (Lipinski definition) is 3. The molecule has 31 heavy (non-hydrogen) atoms. The quantitative estimate of drug-likeness (QED) is 0.333. The summed E-state index contributed by atoms with van der Waals surface area (Å²) in [7, 11) is 0. The van der Waals surface area contributed by atoms with Gasteiger partial charge in [-0.2, -0.15) is 0 Å². The second-order valence-electron chi connectivity index (χ2n) is 8.23. The fourth-order valence-corrected chi connectivity index (χ4v) is 4.39. The summed E-state index contributed by atoms with van der Waals surface area (Å²) >= 11 is 0. The van der Waals surface area contributed by atoms with Crippen molar-refractivity contribution in [2.24, 2.45) is 0 Å². The van der Waals surface area contributed by atoms with Gasteiger partial charge in [-0.15, -0.1) is 0 Å². The highest BCUT2D eigenvalue weighted by Crippen LogP contribution is 2.42. The summed E-state index contributed by atoms with van der Waals surface area (Å²) in [6, 6.07) is 19.0. The van der Waals surface area contributed by atoms with Crippen molar-refractivity contribution in [3.05, 3.63) is 88.5 Å². The van der Waals surface area contributed by atoms with E-state index in [0.29, 0.717) is 12.1 Å². The predicted octanol–water partition coefficient (Wildman–Crippen LogP) is 5.68. The summed E-state index contributed by atoms with van der Waals surface area (Å²) in [5.41, 5.74) is 3.47. The van der Waals surface area contributed by atoms with Crippen molar-refractivity contribution < 1.29 is 14.7 Å². The molecule has 1 aliphatic heterocycles. The summed E-state index contributed by atoms with van der Waals surface area (Å²) in [5, 5.41) is 13.4. The topological polar surface area (TPSA) is 57.6 Å². The number of benzene rings is 3. The molecule has 1 fully saturated rings. The van der Waals surface area contributed by atoms with Crippen LogP contribution < -0.4 is 0 Å². The second-order valence-corrected chi connectivity index (χ2v) is 8.23. The van der Waals surface area contributed by atoms with Gasteiger partial charge in [0.15, 0.2) is 0 Å². The molecule has 0 saturated carbocycles. The molecule has 4 nitrogen and oxygen atoms in total. The number of fused-ring (bicyclic) bond motifs is 1. The molecule has 3 aromatic carbocycles. The van der Waals surface area contributed by atoms with E-state index < -0.39 is 17.7 Å². The minimum Gasteiger partial charge on any atom is -0.507 e. The van der Waals surface area contributed by atoms with Crippen LogP contribution >= 0.6 is 0 Å². The van der Waals surface area contributed by atoms with Crippen LogP contribution in [0, 0.1) is 13.8 Å². The monoisotopic (exact) mass is 413 g/mol. The van der Waals surface area contributed by atoms with E-state index in [-0.39, 0.29) is 11.3 Å². The van der Waals surface area contributed by atoms with Gasteiger partial charge in [0.2, 0.25) is 0 Å². The zero-order valence-electron chi connectivity index (χ0n) is 18.2. The van der Waals surface area contributed by atoms with Crippen LogP contribution in [0.4, 0.5) is 0 Å². The van der Waals surface area contributed by atoms with Gasteiger partial charge in [-0.3, -0.25) is 9.59 Å². The van der Waals surface area contributed by atoms with Crippen molar-refractivity contribution in [1.29, 1.82) is 0 Å². The molecular formula is C27H27NO3. The molecule has 3 aromatic rings. The lowest BCUT2D eigenvalue weighted by Gasteiger charge is -2.26. The number of hydrogen-bond donors (Lipinski definition) is 1. The molecule has 1 unspecified atom stereocenters. The Kier molecular flexibility index (Phi) is 5.64. The van der Waals surface area contributed by atoms with Crippen LogP contribution in [0.1, 0.15) is 48.1 Å². The van der Waals surface area contributed by atoms with Crippen LogP contribution in [0.2, 0.25) is 0 Å². The van der Waals surface area contributed by atoms with E-state index in [1.807, 2.05) is 74.5 Å². The Morgan fingerprint density at radius 1 is 1.00 bits per heavy atom. The molecule has 1 heterocycles. The Morgan fingerprint density at radius 2 is 1.74 bits per heavy atom. The molecule has 0 bridgehead atoms. The number of nitrogens with zero attached hydrogens (tertiary/aromatic N) is 1. The van der Waals surface area contributed by atoms with Crippen LogP contribution in [0.5, 0.6) is 0 Å². The van der Waals surface area contributed by atoms with Crippen molar-refractivity contribution in [2.75, 3.05) is 6.54 Å². The van der Waals surface area contributed by atoms with Crippen LogP contribution in [-0.4, -0.2) is 28.2 Å². The summed E-state index contributed by atoms with van der Waals surface area (Å²) in [6.45, 7) is 6.37. The minimum absolute atomic E-state index is 0.100. The molecule has 1 saturated heterocycles. The summed E-state index contributed by atoms with van der Waals surface area (Å²) in [6.07, 6.45) is 1.69. The third-order valence-corrected chi connectivity index (χ3v) is 6.06. The van der Waals surface area contributed by atoms with Crippen LogP contribution in [0.15, 0.2) is 66.2 Å². The van der Waals surface area contributed by atoms with Gasteiger partial charge in [-0.1, -0.05) is 73.5 Å². The lowest BCUT2D eigenvalue weighted by Crippen LogP contribution is -2.30. The van der Waals surface area contributed by atoms with E-state index in [1.165, 1.54) is 0 Å². The van der Waals surface area contributed by atoms with Crippen molar-refractivity contribution in [1.82, 2.24) is 4.90 Å². The fraction of sp³-hybridized carbons (Fsp3) is 0.259. The Labute approximate surface area is 182 Å². The van der Waals surface area contributed by atoms with Crippen molar-refractivity contribution >= 4 is 28.2 Å². The van der Waals surface area contributed by atoms with Crippen molar-refractivity contribution in [3.8, 4) is 0 Å². The Balaban J connectivity index is 1.99. The van der Waals surface area contributed by atoms with E-state index in [1.54, 1.807) is 4.90 Å². The predicted molar refractivity (Wildman–Crippen MR) is 124 cm³/mol. The highest BCUT2D eigenvalue weighted by atomic mass is 16.3. The standard InChI is InChI=1S/C27H27NO3/c1-4-5-15-28-24(21-12-8-10-19-9-6-7-11-20(19)21)23(26(30)27(28)31)25(29)22-16-17(2)13-14-18(22)3/h6-14,16,24,29H,4-5,15H2,1-3H3/b25-23+. The average Bonchev–Trinajstić information content (AvgIpc) is 3.03. The number of aliphatic hydroxyl groups is 1. The van der Waals surface area contributed by atoms with Gasteiger partial charge in [-0.25, -0.2) is 0 Å². The first-order valence-corrected chi connectivity index (χ1v) is 10.8. The molecule has 0 spiro atoms. The molecule has 1 N–H and O–H groups in total. The van der Waals surface area contributed by atoms with Gasteiger partial charge in [0.1, 0.15) is 5.76 Å². The van der Waals surface area contributed by atoms with E-state index in [9.17, 15) is 14.7 Å². The molecule has 1 aliphatic rings. The summed E-state index contributed by atoms with van der Waals surface area (Å²) in [5.74, 6) is -1.26. The number of ketones is 1. The van der Waals surface area contributed by atoms with Gasteiger partial charge in [0.05, 0.1) is 11.6 Å². The number of likely N-dealkylation sites (tertiary alicyclic amines) is 1. The molecule has 4 heteroatoms. The normalized spacial score (nSPS) is 18.2. The number of carbonyl (C=O) groups excluding carboxylic acids is 2. The maximum atomic E-state index is 13.2. The average molecular weight is 414 g/mol. The molecule has 158 valence electrons. The zero-order valence-corrected chi connectivity index (χ0v) is 18.2. The van der Waals surface area contributed by atoms with E-state index in [2.05, 4.69) is 6.92 Å². The Bertz CT molecular complexity index is 1200. The Morgan fingerprint density at radius 3 is 2.52 bits per heavy atom. The Hall–Kier alpha value is -3.40. The van der Waals surface area contributed by atoms with Gasteiger partial charge >= 0.3 is 0 Å². The number of carbonyl (C=O) groups is 2. The van der Waals surface area contributed by atoms with Gasteiger partial charge < -0.3 is 10.0 Å². The van der Waals surface area contributed by atoms with E-state index >= 15 is 0 Å². The second kappa shape index (κ2) is 8.38. The summed E-state index contributed by atoms with van der Waals surface area (Å²) in [4.78, 5) is 27.9. The molecule has 0 aliphatic carbocycles. The molecular weight excluding hydrogens is 386 g/mol. The van der Waals surface area contributed by atoms with Gasteiger partial charge in [0.25, 0.3) is 11.7 Å². The number of Topliss-reactive ketones (excluding diaryl/α,β-unsaturated/α-hetero) is 1. The summed E-state index contributed by atoms with van der Waals surface area (Å²) < 4.78 is 0. The van der Waals surface area contributed by atoms with Crippen LogP contribution in [0.25, 0.3) is 16.5 Å². The fourth-order valence-electron chi connectivity index (χ4n) is 4.39. The third-order valence-electron chi connectivity index (χ3n) is 6.06. The smallest absolute Gasteiger partial charge is 0.295 e. The first-order chi connectivity index (χ1) is 14.9. The largest absolute Gasteiger partial charge is 0.507 e. The third kappa shape index (κ3) is 3.63. The van der Waals surface area contributed by atoms with E-state index in [0.717, 1.165) is 40.3 Å². The number of amides is 1. The zero-order chi connectivity index (χ0) is 22.1. The van der Waals surface area contributed by atoms with E-state index in [4.69, 9.17) is 0 Å². The number of rotatable bonds is 5. The molecule has 0 radical (unpaired) electrons. The molecule has 1 amide bonds. The maximum Gasteiger partial charge on any atom is 0.295 e. The number of aliphatic hydroxyl groups excluding tert-OH is 1. The lowest BCUT2D eigenvalue weighted by molar-refractivity contribution is -0.139. The van der Waals surface area contributed by atoms with Gasteiger partial charge in [-0.05, 0) is 48.2 Å². The molecule has 1 atom stereocenters. The first kappa shape index (κ1) is 20.9. The maximum absolute atomic E-state index is 13.2. The SMILES string of the molecule is CCCCN1C(=O)C(=O)/C(=C(/O)c2cc(C)ccc2C)C1c1cccc2ccccc12. The first-order valence-electron chi connectivity index (χ1n) is 10.8. The molecule has 4 rings (SSSR count). The minimum atomic E-state index is -0.618. The van der Waals surface area contributed by atoms with Crippen molar-refractivity contribution in [3.63, 3.8) is 0 Å². The number of unbranched alkanes of at least 4 members (excludes halogenated alkanes) is 1. The lowest BCUT2D eigenvalue weighted by atomic mass is 9.90. The van der Waals surface area contributed by atoms with Crippen molar-refractivity contribution in [2.45, 2.75) is 39.7 Å². The number of aryl methyl sites for hydroxylation is 2.